The molecule has 3 rings (SSSR count). The van der Waals surface area contributed by atoms with E-state index in [0.29, 0.717) is 5.92 Å². The van der Waals surface area contributed by atoms with Crippen LogP contribution in [0.15, 0.2) is 30.3 Å². The number of aromatic nitrogens is 1. The molecule has 0 unspecified atom stereocenters. The predicted octanol–water partition coefficient (Wildman–Crippen LogP) is 3.75. The second kappa shape index (κ2) is 4.53. The van der Waals surface area contributed by atoms with Crippen LogP contribution in [0.1, 0.15) is 43.8 Å². The molecule has 1 aromatic heterocycles. The van der Waals surface area contributed by atoms with Gasteiger partial charge in [-0.1, -0.05) is 37.5 Å². The Morgan fingerprint density at radius 1 is 1.12 bits per heavy atom. The summed E-state index contributed by atoms with van der Waals surface area (Å²) in [7, 11) is 0. The van der Waals surface area contributed by atoms with Crippen molar-refractivity contribution in [2.75, 3.05) is 0 Å². The summed E-state index contributed by atoms with van der Waals surface area (Å²) in [5, 5.41) is 1.27. The number of nitrogens with two attached hydrogens (primary N) is 1. The van der Waals surface area contributed by atoms with Crippen LogP contribution < -0.4 is 5.73 Å². The third kappa shape index (κ3) is 2.09. The number of nitrogens with one attached hydrogen (secondary N) is 1. The van der Waals surface area contributed by atoms with Gasteiger partial charge in [0.25, 0.3) is 0 Å². The first-order valence-corrected chi connectivity index (χ1v) is 6.68. The van der Waals surface area contributed by atoms with E-state index >= 15 is 0 Å². The molecule has 0 spiro atoms. The van der Waals surface area contributed by atoms with Gasteiger partial charge in [0.2, 0.25) is 0 Å². The van der Waals surface area contributed by atoms with Crippen LogP contribution in [0.2, 0.25) is 0 Å². The van der Waals surface area contributed by atoms with Crippen molar-refractivity contribution < 1.29 is 0 Å². The molecule has 1 aromatic carbocycles. The molecule has 0 saturated heterocycles. The molecule has 0 radical (unpaired) electrons. The Kier molecular flexibility index (Phi) is 2.89. The van der Waals surface area contributed by atoms with Gasteiger partial charge in [-0.2, -0.15) is 0 Å². The Bertz CT molecular complexity index is 461. The van der Waals surface area contributed by atoms with E-state index < -0.39 is 0 Å². The molecule has 1 aliphatic carbocycles. The zero-order chi connectivity index (χ0) is 11.7. The minimum absolute atomic E-state index is 0.183. The fourth-order valence-electron chi connectivity index (χ4n) is 3.02. The Labute approximate surface area is 102 Å². The summed E-state index contributed by atoms with van der Waals surface area (Å²) in [4.78, 5) is 3.47. The highest BCUT2D eigenvalue weighted by Crippen LogP contribution is 2.33. The molecule has 0 aliphatic heterocycles. The Balaban J connectivity index is 1.86. The van der Waals surface area contributed by atoms with Crippen LogP contribution in [0.5, 0.6) is 0 Å². The molecular formula is C15H20N2. The molecule has 1 atom stereocenters. The maximum atomic E-state index is 6.40. The number of rotatable bonds is 2. The van der Waals surface area contributed by atoms with E-state index in [2.05, 4.69) is 35.3 Å². The third-order valence-electron chi connectivity index (χ3n) is 4.07. The summed E-state index contributed by atoms with van der Waals surface area (Å²) < 4.78 is 0. The molecule has 90 valence electrons. The number of H-pyrrole nitrogens is 1. The summed E-state index contributed by atoms with van der Waals surface area (Å²) in [6.45, 7) is 0. The summed E-state index contributed by atoms with van der Waals surface area (Å²) >= 11 is 0. The Morgan fingerprint density at radius 3 is 2.65 bits per heavy atom. The van der Waals surface area contributed by atoms with Crippen molar-refractivity contribution in [1.29, 1.82) is 0 Å². The van der Waals surface area contributed by atoms with Gasteiger partial charge in [0, 0.05) is 17.3 Å². The lowest BCUT2D eigenvalue weighted by molar-refractivity contribution is 0.305. The van der Waals surface area contributed by atoms with E-state index in [-0.39, 0.29) is 6.04 Å². The fourth-order valence-corrected chi connectivity index (χ4v) is 3.02. The molecule has 1 saturated carbocycles. The van der Waals surface area contributed by atoms with E-state index in [0.717, 1.165) is 0 Å². The molecular weight excluding hydrogens is 208 g/mol. The summed E-state index contributed by atoms with van der Waals surface area (Å²) in [6.07, 6.45) is 6.65. The van der Waals surface area contributed by atoms with Crippen LogP contribution in [0, 0.1) is 5.92 Å². The van der Waals surface area contributed by atoms with Gasteiger partial charge in [-0.05, 0) is 36.3 Å². The smallest absolute Gasteiger partial charge is 0.0476 e. The zero-order valence-electron chi connectivity index (χ0n) is 10.2. The zero-order valence-corrected chi connectivity index (χ0v) is 10.2. The van der Waals surface area contributed by atoms with Crippen molar-refractivity contribution in [1.82, 2.24) is 4.98 Å². The van der Waals surface area contributed by atoms with Gasteiger partial charge in [0.1, 0.15) is 0 Å². The Morgan fingerprint density at radius 2 is 1.88 bits per heavy atom. The van der Waals surface area contributed by atoms with Crippen molar-refractivity contribution in [3.05, 3.63) is 36.0 Å². The first-order chi connectivity index (χ1) is 8.34. The summed E-state index contributed by atoms with van der Waals surface area (Å²) in [5.41, 5.74) is 8.81. The average molecular weight is 228 g/mol. The second-order valence-corrected chi connectivity index (χ2v) is 5.24. The number of hydrogen-bond donors (Lipinski definition) is 2. The first-order valence-electron chi connectivity index (χ1n) is 6.68. The van der Waals surface area contributed by atoms with Gasteiger partial charge in [0.15, 0.2) is 0 Å². The van der Waals surface area contributed by atoms with Crippen LogP contribution in [0.25, 0.3) is 10.9 Å². The van der Waals surface area contributed by atoms with Gasteiger partial charge in [-0.25, -0.2) is 0 Å². The Hall–Kier alpha value is -1.28. The van der Waals surface area contributed by atoms with Crippen LogP contribution in [0.4, 0.5) is 0 Å². The minimum atomic E-state index is 0.183. The van der Waals surface area contributed by atoms with Gasteiger partial charge < -0.3 is 10.7 Å². The van der Waals surface area contributed by atoms with Gasteiger partial charge in [0.05, 0.1) is 0 Å². The van der Waals surface area contributed by atoms with Crippen LogP contribution >= 0.6 is 0 Å². The highest BCUT2D eigenvalue weighted by atomic mass is 14.8. The second-order valence-electron chi connectivity index (χ2n) is 5.24. The van der Waals surface area contributed by atoms with Gasteiger partial charge >= 0.3 is 0 Å². The SMILES string of the molecule is N[C@@H](c1cc2ccccc2[nH]1)C1CCCCC1. The van der Waals surface area contributed by atoms with E-state index in [9.17, 15) is 0 Å². The van der Waals surface area contributed by atoms with Gasteiger partial charge in [-0.3, -0.25) is 0 Å². The average Bonchev–Trinajstić information content (AvgIpc) is 2.82. The molecule has 1 fully saturated rings. The van der Waals surface area contributed by atoms with Crippen molar-refractivity contribution in [3.8, 4) is 0 Å². The molecule has 0 amide bonds. The van der Waals surface area contributed by atoms with E-state index in [4.69, 9.17) is 5.73 Å². The maximum absolute atomic E-state index is 6.40. The molecule has 2 nitrogen and oxygen atoms in total. The third-order valence-corrected chi connectivity index (χ3v) is 4.07. The largest absolute Gasteiger partial charge is 0.357 e. The number of aromatic amines is 1. The van der Waals surface area contributed by atoms with Gasteiger partial charge in [-0.15, -0.1) is 0 Å². The predicted molar refractivity (Wildman–Crippen MR) is 71.8 cm³/mol. The van der Waals surface area contributed by atoms with Crippen molar-refractivity contribution >= 4 is 10.9 Å². The van der Waals surface area contributed by atoms with E-state index in [1.165, 1.54) is 48.7 Å². The summed E-state index contributed by atoms with van der Waals surface area (Å²) in [6, 6.07) is 10.8. The highest BCUT2D eigenvalue weighted by Gasteiger charge is 2.22. The molecule has 0 bridgehead atoms. The molecule has 1 heterocycles. The normalized spacial score (nSPS) is 19.6. The lowest BCUT2D eigenvalue weighted by Crippen LogP contribution is -2.23. The topological polar surface area (TPSA) is 41.8 Å². The monoisotopic (exact) mass is 228 g/mol. The van der Waals surface area contributed by atoms with Crippen molar-refractivity contribution in [2.45, 2.75) is 38.1 Å². The lowest BCUT2D eigenvalue weighted by Gasteiger charge is -2.26. The molecule has 3 N–H and O–H groups in total. The lowest BCUT2D eigenvalue weighted by atomic mass is 9.83. The van der Waals surface area contributed by atoms with Crippen molar-refractivity contribution in [3.63, 3.8) is 0 Å². The minimum Gasteiger partial charge on any atom is -0.357 e. The molecule has 1 aliphatic rings. The van der Waals surface area contributed by atoms with Crippen LogP contribution in [-0.2, 0) is 0 Å². The molecule has 17 heavy (non-hydrogen) atoms. The van der Waals surface area contributed by atoms with Crippen molar-refractivity contribution in [2.24, 2.45) is 11.7 Å². The molecule has 2 aromatic rings. The maximum Gasteiger partial charge on any atom is 0.0476 e. The first kappa shape index (κ1) is 10.8. The number of hydrogen-bond acceptors (Lipinski definition) is 1. The fraction of sp³-hybridized carbons (Fsp3) is 0.467. The highest BCUT2D eigenvalue weighted by molar-refractivity contribution is 5.80. The van der Waals surface area contributed by atoms with Crippen LogP contribution in [0.3, 0.4) is 0 Å². The summed E-state index contributed by atoms with van der Waals surface area (Å²) in [5.74, 6) is 0.664. The molecule has 2 heteroatoms. The standard InChI is InChI=1S/C15H20N2/c16-15(11-6-2-1-3-7-11)14-10-12-8-4-5-9-13(12)17-14/h4-5,8-11,15,17H,1-3,6-7,16H2/t15-/m1/s1. The van der Waals surface area contributed by atoms with E-state index in [1.54, 1.807) is 0 Å². The quantitative estimate of drug-likeness (QED) is 0.807. The van der Waals surface area contributed by atoms with Crippen LogP contribution in [-0.4, -0.2) is 4.98 Å². The number of fused-ring (bicyclic) bond motifs is 1. The van der Waals surface area contributed by atoms with E-state index in [1.807, 2.05) is 0 Å². The number of benzene rings is 1. The number of para-hydroxylation sites is 1.